The van der Waals surface area contributed by atoms with Crippen molar-refractivity contribution in [2.75, 3.05) is 19.0 Å². The van der Waals surface area contributed by atoms with Gasteiger partial charge in [-0.3, -0.25) is 0 Å². The summed E-state index contributed by atoms with van der Waals surface area (Å²) in [6.45, 7) is 4.22. The largest absolute Gasteiger partial charge is 0.478 e. The van der Waals surface area contributed by atoms with Gasteiger partial charge in [0.1, 0.15) is 0 Å². The Kier molecular flexibility index (Phi) is 4.84. The molecule has 1 unspecified atom stereocenters. The van der Waals surface area contributed by atoms with Gasteiger partial charge >= 0.3 is 5.97 Å². The number of anilines is 1. The average Bonchev–Trinajstić information content (AvgIpc) is 2.28. The number of nitrogens with one attached hydrogen (secondary N) is 1. The molecule has 1 aromatic heterocycles. The lowest BCUT2D eigenvalue weighted by Gasteiger charge is -2.16. The number of aromatic carboxylic acids is 1. The van der Waals surface area contributed by atoms with Crippen LogP contribution in [0.25, 0.3) is 0 Å². The van der Waals surface area contributed by atoms with Crippen molar-refractivity contribution in [3.8, 4) is 0 Å². The molecule has 2 N–H and O–H groups in total. The highest BCUT2D eigenvalue weighted by Gasteiger charge is 2.12. The molecule has 1 aromatic rings. The predicted molar refractivity (Wildman–Crippen MR) is 63.3 cm³/mol. The van der Waals surface area contributed by atoms with Crippen LogP contribution < -0.4 is 5.32 Å². The number of hydrogen-bond acceptors (Lipinski definition) is 5. The van der Waals surface area contributed by atoms with Crippen LogP contribution in [0.3, 0.4) is 0 Å². The standard InChI is InChI=1S/C11H17N3O3/c1-4-8(6-17-3)14-11-12-5-9(10(15)16)7(2)13-11/h5,8H,4,6H2,1-3H3,(H,15,16)(H,12,13,14). The van der Waals surface area contributed by atoms with Crippen molar-refractivity contribution < 1.29 is 14.6 Å². The van der Waals surface area contributed by atoms with E-state index in [1.807, 2.05) is 6.92 Å². The Morgan fingerprint density at radius 2 is 2.35 bits per heavy atom. The number of ether oxygens (including phenoxy) is 1. The van der Waals surface area contributed by atoms with Gasteiger partial charge in [-0.25, -0.2) is 14.8 Å². The second-order valence-corrected chi connectivity index (χ2v) is 3.70. The molecule has 0 fully saturated rings. The average molecular weight is 239 g/mol. The fourth-order valence-corrected chi connectivity index (χ4v) is 1.39. The zero-order chi connectivity index (χ0) is 12.8. The number of hydrogen-bond donors (Lipinski definition) is 2. The van der Waals surface area contributed by atoms with Crippen molar-refractivity contribution in [2.24, 2.45) is 0 Å². The van der Waals surface area contributed by atoms with E-state index in [4.69, 9.17) is 9.84 Å². The number of aryl methyl sites for hydroxylation is 1. The molecule has 0 aromatic carbocycles. The van der Waals surface area contributed by atoms with Crippen LogP contribution in [0.5, 0.6) is 0 Å². The highest BCUT2D eigenvalue weighted by Crippen LogP contribution is 2.09. The molecule has 0 saturated heterocycles. The first-order valence-corrected chi connectivity index (χ1v) is 5.40. The summed E-state index contributed by atoms with van der Waals surface area (Å²) in [7, 11) is 1.63. The summed E-state index contributed by atoms with van der Waals surface area (Å²) >= 11 is 0. The van der Waals surface area contributed by atoms with Crippen molar-refractivity contribution in [2.45, 2.75) is 26.3 Å². The summed E-state index contributed by atoms with van der Waals surface area (Å²) in [5.74, 6) is -0.589. The fourth-order valence-electron chi connectivity index (χ4n) is 1.39. The summed E-state index contributed by atoms with van der Waals surface area (Å²) in [6.07, 6.45) is 2.18. The van der Waals surface area contributed by atoms with Crippen LogP contribution in [0.15, 0.2) is 6.20 Å². The van der Waals surface area contributed by atoms with Gasteiger partial charge in [-0.2, -0.15) is 0 Å². The summed E-state index contributed by atoms with van der Waals surface area (Å²) in [5, 5.41) is 11.9. The van der Waals surface area contributed by atoms with Gasteiger partial charge in [-0.1, -0.05) is 6.92 Å². The Morgan fingerprint density at radius 1 is 1.65 bits per heavy atom. The maximum absolute atomic E-state index is 10.8. The summed E-state index contributed by atoms with van der Waals surface area (Å²) in [4.78, 5) is 18.9. The Morgan fingerprint density at radius 3 is 2.82 bits per heavy atom. The van der Waals surface area contributed by atoms with Crippen molar-refractivity contribution >= 4 is 11.9 Å². The molecule has 94 valence electrons. The second-order valence-electron chi connectivity index (χ2n) is 3.70. The third kappa shape index (κ3) is 3.67. The molecule has 0 aliphatic heterocycles. The van der Waals surface area contributed by atoms with Crippen LogP contribution in [0.1, 0.15) is 29.4 Å². The minimum Gasteiger partial charge on any atom is -0.478 e. The lowest BCUT2D eigenvalue weighted by Crippen LogP contribution is -2.25. The molecule has 1 heterocycles. The molecule has 1 atom stereocenters. The van der Waals surface area contributed by atoms with Gasteiger partial charge in [0.15, 0.2) is 0 Å². The van der Waals surface area contributed by atoms with E-state index in [1.165, 1.54) is 6.20 Å². The van der Waals surface area contributed by atoms with Gasteiger partial charge in [-0.05, 0) is 13.3 Å². The van der Waals surface area contributed by atoms with E-state index in [0.717, 1.165) is 6.42 Å². The van der Waals surface area contributed by atoms with Gasteiger partial charge in [0.05, 0.1) is 23.9 Å². The van der Waals surface area contributed by atoms with Crippen molar-refractivity contribution in [1.29, 1.82) is 0 Å². The maximum Gasteiger partial charge on any atom is 0.339 e. The minimum atomic E-state index is -1.02. The molecule has 17 heavy (non-hydrogen) atoms. The van der Waals surface area contributed by atoms with E-state index >= 15 is 0 Å². The number of carboxylic acid groups (broad SMARTS) is 1. The molecule has 0 aliphatic carbocycles. The van der Waals surface area contributed by atoms with Crippen molar-refractivity contribution in [3.05, 3.63) is 17.5 Å². The Bertz CT molecular complexity index is 396. The highest BCUT2D eigenvalue weighted by molar-refractivity contribution is 5.88. The lowest BCUT2D eigenvalue weighted by molar-refractivity contribution is 0.0695. The van der Waals surface area contributed by atoms with Gasteiger partial charge in [0.25, 0.3) is 0 Å². The lowest BCUT2D eigenvalue weighted by atomic mass is 10.2. The van der Waals surface area contributed by atoms with E-state index in [9.17, 15) is 4.79 Å². The number of rotatable bonds is 6. The molecular weight excluding hydrogens is 222 g/mol. The molecule has 6 nitrogen and oxygen atoms in total. The smallest absolute Gasteiger partial charge is 0.339 e. The van der Waals surface area contributed by atoms with Crippen LogP contribution in [0, 0.1) is 6.92 Å². The van der Waals surface area contributed by atoms with Crippen LogP contribution in [0.2, 0.25) is 0 Å². The van der Waals surface area contributed by atoms with Gasteiger partial charge in [0.2, 0.25) is 5.95 Å². The molecule has 0 amide bonds. The Balaban J connectivity index is 2.79. The number of carboxylic acids is 1. The van der Waals surface area contributed by atoms with Gasteiger partial charge < -0.3 is 15.2 Å². The SMILES string of the molecule is CCC(COC)Nc1ncc(C(=O)O)c(C)n1. The number of carbonyl (C=O) groups is 1. The van der Waals surface area contributed by atoms with Crippen molar-refractivity contribution in [1.82, 2.24) is 9.97 Å². The topological polar surface area (TPSA) is 84.3 Å². The predicted octanol–water partition coefficient (Wildman–Crippen LogP) is 1.32. The maximum atomic E-state index is 10.8. The minimum absolute atomic E-state index is 0.120. The quantitative estimate of drug-likeness (QED) is 0.778. The fraction of sp³-hybridized carbons (Fsp3) is 0.545. The first kappa shape index (κ1) is 13.4. The molecule has 0 radical (unpaired) electrons. The molecule has 0 bridgehead atoms. The zero-order valence-corrected chi connectivity index (χ0v) is 10.2. The highest BCUT2D eigenvalue weighted by atomic mass is 16.5. The van der Waals surface area contributed by atoms with E-state index in [0.29, 0.717) is 18.2 Å². The molecular formula is C11H17N3O3. The van der Waals surface area contributed by atoms with Crippen LogP contribution >= 0.6 is 0 Å². The Labute approximate surface area is 100 Å². The molecule has 0 aliphatic rings. The van der Waals surface area contributed by atoms with E-state index in [-0.39, 0.29) is 11.6 Å². The first-order chi connectivity index (χ1) is 8.08. The second kappa shape index (κ2) is 6.15. The molecule has 0 saturated carbocycles. The normalized spacial score (nSPS) is 12.2. The third-order valence-corrected chi connectivity index (χ3v) is 2.40. The van der Waals surface area contributed by atoms with E-state index in [1.54, 1.807) is 14.0 Å². The third-order valence-electron chi connectivity index (χ3n) is 2.40. The monoisotopic (exact) mass is 239 g/mol. The van der Waals surface area contributed by atoms with E-state index < -0.39 is 5.97 Å². The summed E-state index contributed by atoms with van der Waals surface area (Å²) in [5.41, 5.74) is 0.567. The zero-order valence-electron chi connectivity index (χ0n) is 10.2. The van der Waals surface area contributed by atoms with Gasteiger partial charge in [0, 0.05) is 13.3 Å². The van der Waals surface area contributed by atoms with Gasteiger partial charge in [-0.15, -0.1) is 0 Å². The first-order valence-electron chi connectivity index (χ1n) is 5.40. The molecule has 1 rings (SSSR count). The summed E-state index contributed by atoms with van der Waals surface area (Å²) in [6, 6.07) is 0.120. The van der Waals surface area contributed by atoms with Crippen LogP contribution in [0.4, 0.5) is 5.95 Å². The Hall–Kier alpha value is -1.69. The van der Waals surface area contributed by atoms with Crippen molar-refractivity contribution in [3.63, 3.8) is 0 Å². The number of aromatic nitrogens is 2. The van der Waals surface area contributed by atoms with Crippen LogP contribution in [-0.4, -0.2) is 40.8 Å². The van der Waals surface area contributed by atoms with Crippen LogP contribution in [-0.2, 0) is 4.74 Å². The molecule has 6 heteroatoms. The molecule has 0 spiro atoms. The number of nitrogens with zero attached hydrogens (tertiary/aromatic N) is 2. The van der Waals surface area contributed by atoms with E-state index in [2.05, 4.69) is 15.3 Å². The number of methoxy groups -OCH3 is 1. The summed E-state index contributed by atoms with van der Waals surface area (Å²) < 4.78 is 5.05.